The van der Waals surface area contributed by atoms with Crippen molar-refractivity contribution in [1.82, 2.24) is 0 Å². The lowest BCUT2D eigenvalue weighted by Gasteiger charge is -1.92. The second kappa shape index (κ2) is 4.69. The van der Waals surface area contributed by atoms with E-state index >= 15 is 0 Å². The van der Waals surface area contributed by atoms with E-state index in [-0.39, 0.29) is 0 Å². The van der Waals surface area contributed by atoms with Gasteiger partial charge in [-0.1, -0.05) is 30.2 Å². The maximum atomic E-state index is 5.22. The van der Waals surface area contributed by atoms with Crippen molar-refractivity contribution in [3.05, 3.63) is 41.5 Å². The van der Waals surface area contributed by atoms with E-state index < -0.39 is 0 Å². The molecule has 1 rings (SSSR count). The van der Waals surface area contributed by atoms with Crippen LogP contribution < -0.4 is 0 Å². The summed E-state index contributed by atoms with van der Waals surface area (Å²) in [6.45, 7) is 0. The van der Waals surface area contributed by atoms with Gasteiger partial charge in [0.15, 0.2) is 0 Å². The number of hydrogen-bond acceptors (Lipinski definition) is 1. The summed E-state index contributed by atoms with van der Waals surface area (Å²) in [6.07, 6.45) is 9.23. The Morgan fingerprint density at radius 2 is 2.00 bits per heavy atom. The molecule has 0 saturated carbocycles. The Balaban J connectivity index is 2.80. The Morgan fingerprint density at radius 1 is 1.33 bits per heavy atom. The minimum Gasteiger partial charge on any atom is -0.175 e. The first-order chi connectivity index (χ1) is 5.86. The van der Waals surface area contributed by atoms with E-state index in [2.05, 4.69) is 18.5 Å². The zero-order valence-corrected chi connectivity index (χ0v) is 7.59. The van der Waals surface area contributed by atoms with Crippen LogP contribution in [0.3, 0.4) is 0 Å². The maximum Gasteiger partial charge on any atom is 0.0243 e. The quantitative estimate of drug-likeness (QED) is 0.517. The fourth-order valence-corrected chi connectivity index (χ4v) is 0.985. The highest BCUT2D eigenvalue weighted by atomic mass is 32.1. The summed E-state index contributed by atoms with van der Waals surface area (Å²) >= 11 is 4.07. The van der Waals surface area contributed by atoms with Gasteiger partial charge in [0.05, 0.1) is 0 Å². The van der Waals surface area contributed by atoms with Gasteiger partial charge in [-0.25, -0.2) is 0 Å². The van der Waals surface area contributed by atoms with Crippen molar-refractivity contribution in [2.45, 2.75) is 0 Å². The Kier molecular flexibility index (Phi) is 3.50. The van der Waals surface area contributed by atoms with Gasteiger partial charge in [-0.05, 0) is 17.7 Å². The van der Waals surface area contributed by atoms with Crippen LogP contribution in [0, 0.1) is 12.3 Å². The molecule has 0 unspecified atom stereocenters. The van der Waals surface area contributed by atoms with Crippen LogP contribution in [-0.2, 0) is 0 Å². The Labute approximate surface area is 78.7 Å². The minimum atomic E-state index is 0.761. The van der Waals surface area contributed by atoms with Crippen molar-refractivity contribution in [1.29, 1.82) is 0 Å². The van der Waals surface area contributed by atoms with Crippen LogP contribution in [0.4, 0.5) is 0 Å². The summed E-state index contributed by atoms with van der Waals surface area (Å²) in [5.41, 5.74) is 2.07. The minimum absolute atomic E-state index is 0.761. The summed E-state index contributed by atoms with van der Waals surface area (Å²) in [5, 5.41) is 0. The molecule has 12 heavy (non-hydrogen) atoms. The van der Waals surface area contributed by atoms with Gasteiger partial charge in [0.2, 0.25) is 0 Å². The van der Waals surface area contributed by atoms with Crippen LogP contribution in [0.15, 0.2) is 30.3 Å². The Morgan fingerprint density at radius 3 is 2.50 bits per heavy atom. The number of thiol groups is 1. The highest BCUT2D eigenvalue weighted by Crippen LogP contribution is 2.04. The summed E-state index contributed by atoms with van der Waals surface area (Å²) in [5.74, 6) is 3.33. The van der Waals surface area contributed by atoms with E-state index in [1.54, 1.807) is 0 Å². The molecule has 1 aromatic rings. The molecule has 0 saturated heterocycles. The SMILES string of the molecule is C#Cc1ccc(C=CCS)cc1. The predicted molar refractivity (Wildman–Crippen MR) is 57.3 cm³/mol. The number of rotatable bonds is 2. The van der Waals surface area contributed by atoms with Crippen molar-refractivity contribution in [3.63, 3.8) is 0 Å². The van der Waals surface area contributed by atoms with E-state index in [0.29, 0.717) is 0 Å². The van der Waals surface area contributed by atoms with Gasteiger partial charge in [-0.3, -0.25) is 0 Å². The van der Waals surface area contributed by atoms with Crippen molar-refractivity contribution in [2.75, 3.05) is 5.75 Å². The van der Waals surface area contributed by atoms with E-state index in [9.17, 15) is 0 Å². The molecule has 0 heterocycles. The molecule has 60 valence electrons. The first-order valence-electron chi connectivity index (χ1n) is 3.71. The van der Waals surface area contributed by atoms with Gasteiger partial charge in [0.25, 0.3) is 0 Å². The number of terminal acetylenes is 1. The summed E-state index contributed by atoms with van der Waals surface area (Å²) in [7, 11) is 0. The lowest BCUT2D eigenvalue weighted by Crippen LogP contribution is -1.74. The molecule has 0 spiro atoms. The van der Waals surface area contributed by atoms with Gasteiger partial charge in [0.1, 0.15) is 0 Å². The van der Waals surface area contributed by atoms with Crippen molar-refractivity contribution < 1.29 is 0 Å². The highest BCUT2D eigenvalue weighted by molar-refractivity contribution is 7.80. The van der Waals surface area contributed by atoms with Crippen LogP contribution in [-0.4, -0.2) is 5.75 Å². The van der Waals surface area contributed by atoms with Crippen molar-refractivity contribution in [3.8, 4) is 12.3 Å². The molecule has 0 aliphatic rings. The van der Waals surface area contributed by atoms with Gasteiger partial charge in [-0.15, -0.1) is 6.42 Å². The highest BCUT2D eigenvalue weighted by Gasteiger charge is 1.86. The third-order valence-corrected chi connectivity index (χ3v) is 1.70. The first kappa shape index (κ1) is 8.96. The molecule has 0 N–H and O–H groups in total. The normalized spacial score (nSPS) is 10.0. The van der Waals surface area contributed by atoms with Crippen molar-refractivity contribution in [2.24, 2.45) is 0 Å². The number of benzene rings is 1. The Bertz CT molecular complexity index is 301. The Hall–Kier alpha value is -1.13. The fraction of sp³-hybridized carbons (Fsp3) is 0.0909. The molecule has 0 bridgehead atoms. The lowest BCUT2D eigenvalue weighted by molar-refractivity contribution is 1.61. The lowest BCUT2D eigenvalue weighted by atomic mass is 10.1. The van der Waals surface area contributed by atoms with E-state index in [1.165, 1.54) is 0 Å². The average Bonchev–Trinajstić information content (AvgIpc) is 2.15. The zero-order chi connectivity index (χ0) is 8.81. The molecule has 0 atom stereocenters. The second-order valence-corrected chi connectivity index (χ2v) is 2.72. The summed E-state index contributed by atoms with van der Waals surface area (Å²) in [4.78, 5) is 0. The van der Waals surface area contributed by atoms with E-state index in [0.717, 1.165) is 16.9 Å². The fourth-order valence-electron chi connectivity index (χ4n) is 0.879. The largest absolute Gasteiger partial charge is 0.175 e. The van der Waals surface area contributed by atoms with Crippen molar-refractivity contribution >= 4 is 18.7 Å². The topological polar surface area (TPSA) is 0 Å². The van der Waals surface area contributed by atoms with Gasteiger partial charge < -0.3 is 0 Å². The first-order valence-corrected chi connectivity index (χ1v) is 4.34. The van der Waals surface area contributed by atoms with Crippen LogP contribution in [0.25, 0.3) is 6.08 Å². The van der Waals surface area contributed by atoms with Crippen LogP contribution >= 0.6 is 12.6 Å². The molecule has 0 nitrogen and oxygen atoms in total. The molecular formula is C11H10S. The molecule has 0 amide bonds. The van der Waals surface area contributed by atoms with Gasteiger partial charge >= 0.3 is 0 Å². The standard InChI is InChI=1S/C11H10S/c1-2-10-5-7-11(8-6-10)4-3-9-12/h1,3-8,12H,9H2. The summed E-state index contributed by atoms with van der Waals surface area (Å²) in [6, 6.07) is 7.85. The molecule has 1 aromatic carbocycles. The predicted octanol–water partition coefficient (Wildman–Crippen LogP) is 2.61. The van der Waals surface area contributed by atoms with Crippen LogP contribution in [0.1, 0.15) is 11.1 Å². The molecule has 0 fully saturated rings. The third kappa shape index (κ3) is 2.48. The average molecular weight is 174 g/mol. The van der Waals surface area contributed by atoms with E-state index in [1.807, 2.05) is 36.4 Å². The monoisotopic (exact) mass is 174 g/mol. The van der Waals surface area contributed by atoms with Gasteiger partial charge in [0, 0.05) is 11.3 Å². The maximum absolute atomic E-state index is 5.22. The molecule has 1 heteroatoms. The molecular weight excluding hydrogens is 164 g/mol. The van der Waals surface area contributed by atoms with Crippen LogP contribution in [0.2, 0.25) is 0 Å². The summed E-state index contributed by atoms with van der Waals surface area (Å²) < 4.78 is 0. The molecule has 0 aliphatic heterocycles. The molecule has 0 aliphatic carbocycles. The molecule has 0 aromatic heterocycles. The second-order valence-electron chi connectivity index (χ2n) is 2.35. The third-order valence-electron chi connectivity index (χ3n) is 1.49. The van der Waals surface area contributed by atoms with Crippen LogP contribution in [0.5, 0.6) is 0 Å². The van der Waals surface area contributed by atoms with E-state index in [4.69, 9.17) is 6.42 Å². The number of hydrogen-bond donors (Lipinski definition) is 1. The van der Waals surface area contributed by atoms with Gasteiger partial charge in [-0.2, -0.15) is 12.6 Å². The smallest absolute Gasteiger partial charge is 0.0243 e. The molecule has 0 radical (unpaired) electrons. The zero-order valence-electron chi connectivity index (χ0n) is 6.70.